The number of amides is 1. The van der Waals surface area contributed by atoms with Gasteiger partial charge in [0.05, 0.1) is 39.9 Å². The van der Waals surface area contributed by atoms with Crippen LogP contribution in [0.4, 0.5) is 0 Å². The summed E-state index contributed by atoms with van der Waals surface area (Å²) in [6.45, 7) is 4.70. The molecule has 3 atom stereocenters. The van der Waals surface area contributed by atoms with Gasteiger partial charge in [0.15, 0.2) is 0 Å². The van der Waals surface area contributed by atoms with Crippen LogP contribution in [0.1, 0.15) is 309 Å². The topological polar surface area (TPSA) is 108 Å². The predicted octanol–water partition coefficient (Wildman–Crippen LogP) is 18.1. The summed E-state index contributed by atoms with van der Waals surface area (Å²) in [6, 6.07) is -0.884. The van der Waals surface area contributed by atoms with Crippen molar-refractivity contribution < 1.29 is 32.9 Å². The molecular weight excluding hydrogens is 888 g/mol. The Morgan fingerprint density at radius 3 is 1.11 bits per heavy atom. The van der Waals surface area contributed by atoms with Gasteiger partial charge < -0.3 is 28.8 Å². The lowest BCUT2D eigenvalue weighted by Crippen LogP contribution is -2.45. The Kier molecular flexibility index (Phi) is 52.1. The van der Waals surface area contributed by atoms with Crippen LogP contribution in [0.15, 0.2) is 24.3 Å². The molecule has 0 radical (unpaired) electrons. The van der Waals surface area contributed by atoms with Gasteiger partial charge in [0, 0.05) is 6.42 Å². The van der Waals surface area contributed by atoms with E-state index in [9.17, 15) is 19.4 Å². The quantitative estimate of drug-likeness (QED) is 0.0272. The Morgan fingerprint density at radius 2 is 0.786 bits per heavy atom. The Morgan fingerprint density at radius 1 is 0.486 bits per heavy atom. The number of allylic oxidation sites excluding steroid dienone is 3. The van der Waals surface area contributed by atoms with Crippen LogP contribution in [0, 0.1) is 0 Å². The van der Waals surface area contributed by atoms with E-state index in [0.29, 0.717) is 17.4 Å². The molecule has 8 nitrogen and oxygen atoms in total. The van der Waals surface area contributed by atoms with Gasteiger partial charge in [-0.15, -0.1) is 0 Å². The first-order valence-electron chi connectivity index (χ1n) is 30.7. The van der Waals surface area contributed by atoms with E-state index < -0.39 is 20.0 Å². The summed E-state index contributed by atoms with van der Waals surface area (Å²) < 4.78 is 23.4. The normalized spacial score (nSPS) is 14.0. The summed E-state index contributed by atoms with van der Waals surface area (Å²) in [5.41, 5.74) is 0. The van der Waals surface area contributed by atoms with E-state index in [1.807, 2.05) is 27.2 Å². The molecule has 0 heterocycles. The number of aliphatic hydroxyl groups is 1. The fourth-order valence-electron chi connectivity index (χ4n) is 9.33. The lowest BCUT2D eigenvalue weighted by atomic mass is 10.0. The first-order valence-corrected chi connectivity index (χ1v) is 32.2. The first kappa shape index (κ1) is 69.0. The summed E-state index contributed by atoms with van der Waals surface area (Å²) in [4.78, 5) is 25.5. The fourth-order valence-corrected chi connectivity index (χ4v) is 10.1. The van der Waals surface area contributed by atoms with Crippen molar-refractivity contribution in [2.45, 2.75) is 321 Å². The highest BCUT2D eigenvalue weighted by Gasteiger charge is 2.23. The molecule has 0 spiro atoms. The number of phosphoric ester groups is 1. The molecule has 70 heavy (non-hydrogen) atoms. The maximum atomic E-state index is 13.0. The van der Waals surface area contributed by atoms with Gasteiger partial charge in [-0.25, -0.2) is 0 Å². The van der Waals surface area contributed by atoms with Crippen LogP contribution < -0.4 is 10.2 Å². The Balaban J connectivity index is 4.08. The Hall–Kier alpha value is -1.02. The van der Waals surface area contributed by atoms with Gasteiger partial charge in [-0.3, -0.25) is 9.36 Å². The Bertz CT molecular complexity index is 1190. The van der Waals surface area contributed by atoms with Crippen molar-refractivity contribution in [2.75, 3.05) is 40.9 Å². The number of rotatable bonds is 57. The maximum absolute atomic E-state index is 13.0. The third kappa shape index (κ3) is 54.7. The molecule has 0 aliphatic carbocycles. The summed E-state index contributed by atoms with van der Waals surface area (Å²) >= 11 is 0. The van der Waals surface area contributed by atoms with Gasteiger partial charge in [-0.2, -0.15) is 0 Å². The Labute approximate surface area is 436 Å². The molecule has 416 valence electrons. The number of carbonyl (C=O) groups is 1. The van der Waals surface area contributed by atoms with Crippen molar-refractivity contribution in [3.05, 3.63) is 24.3 Å². The monoisotopic (exact) mass is 1010 g/mol. The number of hydrogen-bond acceptors (Lipinski definition) is 6. The van der Waals surface area contributed by atoms with Crippen molar-refractivity contribution in [3.8, 4) is 0 Å². The summed E-state index contributed by atoms with van der Waals surface area (Å²) in [5.74, 6) is -0.192. The average molecular weight is 1010 g/mol. The van der Waals surface area contributed by atoms with Crippen molar-refractivity contribution in [3.63, 3.8) is 0 Å². The molecule has 0 rings (SSSR count). The minimum atomic E-state index is -4.59. The van der Waals surface area contributed by atoms with Crippen LogP contribution in [0.5, 0.6) is 0 Å². The maximum Gasteiger partial charge on any atom is 0.268 e. The van der Waals surface area contributed by atoms with Crippen molar-refractivity contribution in [2.24, 2.45) is 0 Å². The second-order valence-electron chi connectivity index (χ2n) is 22.4. The molecule has 0 saturated heterocycles. The van der Waals surface area contributed by atoms with Gasteiger partial charge in [-0.1, -0.05) is 282 Å². The molecule has 0 aromatic heterocycles. The van der Waals surface area contributed by atoms with Crippen molar-refractivity contribution in [1.29, 1.82) is 0 Å². The molecule has 3 unspecified atom stereocenters. The molecule has 2 N–H and O–H groups in total. The number of quaternary nitrogens is 1. The summed E-state index contributed by atoms with van der Waals surface area (Å²) in [5, 5.41) is 13.9. The van der Waals surface area contributed by atoms with E-state index in [1.54, 1.807) is 6.08 Å². The number of aliphatic hydroxyl groups excluding tert-OH is 1. The highest BCUT2D eigenvalue weighted by Crippen LogP contribution is 2.38. The van der Waals surface area contributed by atoms with Crippen LogP contribution in [0.25, 0.3) is 0 Å². The second-order valence-corrected chi connectivity index (χ2v) is 23.8. The van der Waals surface area contributed by atoms with Crippen LogP contribution in [0.3, 0.4) is 0 Å². The molecule has 0 aromatic rings. The zero-order chi connectivity index (χ0) is 51.3. The van der Waals surface area contributed by atoms with E-state index in [2.05, 4.69) is 31.3 Å². The van der Waals surface area contributed by atoms with Crippen molar-refractivity contribution in [1.82, 2.24) is 5.32 Å². The fraction of sp³-hybridized carbons (Fsp3) is 0.918. The van der Waals surface area contributed by atoms with Crippen LogP contribution in [-0.2, 0) is 18.4 Å². The molecule has 0 aliphatic heterocycles. The number of hydrogen-bond donors (Lipinski definition) is 2. The third-order valence-corrected chi connectivity index (χ3v) is 15.1. The number of nitrogens with zero attached hydrogens (tertiary/aromatic N) is 1. The van der Waals surface area contributed by atoms with Gasteiger partial charge in [0.25, 0.3) is 7.82 Å². The minimum absolute atomic E-state index is 0.00119. The standard InChI is InChI=1S/C61H121N2O6P/c1-6-8-10-12-14-16-18-20-22-24-26-27-28-29-30-31-32-33-34-35-36-37-39-41-43-45-47-49-51-53-55-61(65)62-59(58-69-70(66,67)68-57-56-63(3,4)5)60(64)54-52-50-48-46-44-42-40-38-25-23-21-19-17-15-13-11-9-7-2/h29-30,52,54,59-60,64H,6-28,31-51,53,55-58H2,1-5H3,(H-,62,65,66,67)/b30-29-,54-52+. The largest absolute Gasteiger partial charge is 0.756 e. The number of nitrogens with one attached hydrogen (secondary N) is 1. The molecular formula is C61H121N2O6P. The van der Waals surface area contributed by atoms with Gasteiger partial charge in [0.2, 0.25) is 5.91 Å². The van der Waals surface area contributed by atoms with Crippen LogP contribution in [0.2, 0.25) is 0 Å². The van der Waals surface area contributed by atoms with Crippen LogP contribution in [-0.4, -0.2) is 68.5 Å². The zero-order valence-corrected chi connectivity index (χ0v) is 48.4. The lowest BCUT2D eigenvalue weighted by Gasteiger charge is -2.29. The van der Waals surface area contributed by atoms with Crippen LogP contribution >= 0.6 is 7.82 Å². The first-order chi connectivity index (χ1) is 34.0. The van der Waals surface area contributed by atoms with E-state index in [-0.39, 0.29) is 19.1 Å². The summed E-state index contributed by atoms with van der Waals surface area (Å²) in [7, 11) is 1.27. The zero-order valence-electron chi connectivity index (χ0n) is 47.5. The second kappa shape index (κ2) is 52.8. The van der Waals surface area contributed by atoms with Gasteiger partial charge >= 0.3 is 0 Å². The summed E-state index contributed by atoms with van der Waals surface area (Å²) in [6.07, 6.45) is 66.9. The SMILES string of the molecule is CCCCCCCCCCCCCC/C=C\CCCCCCCCCCCCCCCCC(=O)NC(COP(=O)([O-])OCC[N+](C)(C)C)C(O)/C=C/CCCCCCCCCCCCCCCCCC. The van der Waals surface area contributed by atoms with E-state index in [0.717, 1.165) is 38.5 Å². The number of likely N-dealkylation sites (N-methyl/N-ethyl adjacent to an activating group) is 1. The molecule has 1 amide bonds. The smallest absolute Gasteiger partial charge is 0.268 e. The molecule has 0 saturated carbocycles. The van der Waals surface area contributed by atoms with Gasteiger partial charge in [0.1, 0.15) is 13.2 Å². The van der Waals surface area contributed by atoms with Gasteiger partial charge in [-0.05, 0) is 44.9 Å². The molecule has 0 aromatic carbocycles. The van der Waals surface area contributed by atoms with E-state index in [4.69, 9.17) is 9.05 Å². The molecule has 0 bridgehead atoms. The number of phosphoric acid groups is 1. The van der Waals surface area contributed by atoms with E-state index >= 15 is 0 Å². The lowest BCUT2D eigenvalue weighted by molar-refractivity contribution is -0.870. The predicted molar refractivity (Wildman–Crippen MR) is 302 cm³/mol. The highest BCUT2D eigenvalue weighted by molar-refractivity contribution is 7.45. The van der Waals surface area contributed by atoms with Crippen molar-refractivity contribution >= 4 is 13.7 Å². The minimum Gasteiger partial charge on any atom is -0.756 e. The number of unbranched alkanes of at least 4 members (excludes halogenated alkanes) is 42. The molecule has 0 fully saturated rings. The highest BCUT2D eigenvalue weighted by atomic mass is 31.2. The third-order valence-electron chi connectivity index (χ3n) is 14.2. The van der Waals surface area contributed by atoms with E-state index in [1.165, 1.54) is 250 Å². The number of carbonyl (C=O) groups excluding carboxylic acids is 1. The molecule has 9 heteroatoms. The average Bonchev–Trinajstić information content (AvgIpc) is 3.32. The molecule has 0 aliphatic rings.